The highest BCUT2D eigenvalue weighted by Gasteiger charge is 2.23. The van der Waals surface area contributed by atoms with Gasteiger partial charge in [0.1, 0.15) is 0 Å². The number of hydrogen-bond donors (Lipinski definition) is 2. The number of carbonyl (C=O) groups is 3. The molecule has 1 atom stereocenters. The van der Waals surface area contributed by atoms with Gasteiger partial charge in [-0.2, -0.15) is 0 Å². The Morgan fingerprint density at radius 2 is 1.96 bits per heavy atom. The lowest BCUT2D eigenvalue weighted by atomic mass is 10.1. The fourth-order valence-electron chi connectivity index (χ4n) is 2.40. The number of fused-ring (bicyclic) bond motifs is 1. The second kappa shape index (κ2) is 6.98. The zero-order chi connectivity index (χ0) is 18.0. The first-order valence-corrected chi connectivity index (χ1v) is 8.47. The highest BCUT2D eigenvalue weighted by molar-refractivity contribution is 8.00. The van der Waals surface area contributed by atoms with Crippen LogP contribution in [0.1, 0.15) is 27.6 Å². The van der Waals surface area contributed by atoms with Crippen molar-refractivity contribution in [3.8, 4) is 0 Å². The molecule has 1 heterocycles. The van der Waals surface area contributed by atoms with E-state index in [1.165, 1.54) is 18.9 Å². The van der Waals surface area contributed by atoms with Crippen LogP contribution in [-0.2, 0) is 9.53 Å². The summed E-state index contributed by atoms with van der Waals surface area (Å²) in [6.07, 6.45) is 0. The third kappa shape index (κ3) is 3.66. The number of thioether (sulfide) groups is 1. The van der Waals surface area contributed by atoms with Crippen LogP contribution in [0.15, 0.2) is 47.4 Å². The molecule has 2 amide bonds. The predicted molar refractivity (Wildman–Crippen MR) is 96.1 cm³/mol. The summed E-state index contributed by atoms with van der Waals surface area (Å²) < 4.78 is 4.67. The molecule has 0 spiro atoms. The molecule has 1 aliphatic rings. The Balaban J connectivity index is 1.79. The average Bonchev–Trinajstić information content (AvgIpc) is 2.61. The minimum atomic E-state index is -0.473. The van der Waals surface area contributed by atoms with Crippen LogP contribution in [0.4, 0.5) is 11.4 Å². The molecule has 0 aliphatic carbocycles. The number of ether oxygens (including phenoxy) is 1. The monoisotopic (exact) mass is 356 g/mol. The zero-order valence-corrected chi connectivity index (χ0v) is 14.5. The standard InChI is InChI=1S/C18H16N2O4S/c1-10-16(21)20-14-9-11(6-7-15(14)25-10)17(22)19-13-5-3-4-12(8-13)18(23)24-2/h3-10H,1-2H3,(H,19,22)(H,20,21)/t10-/m0/s1. The van der Waals surface area contributed by atoms with Gasteiger partial charge in [0.05, 0.1) is 23.6 Å². The maximum absolute atomic E-state index is 12.4. The lowest BCUT2D eigenvalue weighted by Crippen LogP contribution is -2.26. The van der Waals surface area contributed by atoms with Crippen LogP contribution in [0.2, 0.25) is 0 Å². The van der Waals surface area contributed by atoms with Gasteiger partial charge in [-0.05, 0) is 43.3 Å². The van der Waals surface area contributed by atoms with Crippen molar-refractivity contribution in [2.75, 3.05) is 17.7 Å². The van der Waals surface area contributed by atoms with Crippen molar-refractivity contribution in [1.29, 1.82) is 0 Å². The minimum absolute atomic E-state index is 0.0826. The molecule has 0 aromatic heterocycles. The van der Waals surface area contributed by atoms with Gasteiger partial charge in [0, 0.05) is 16.1 Å². The van der Waals surface area contributed by atoms with E-state index < -0.39 is 5.97 Å². The molecule has 128 valence electrons. The van der Waals surface area contributed by atoms with Crippen LogP contribution in [0, 0.1) is 0 Å². The Labute approximate surface area is 148 Å². The lowest BCUT2D eigenvalue weighted by molar-refractivity contribution is -0.115. The predicted octanol–water partition coefficient (Wildman–Crippen LogP) is 3.16. The number of esters is 1. The summed E-state index contributed by atoms with van der Waals surface area (Å²) in [6.45, 7) is 1.83. The van der Waals surface area contributed by atoms with Gasteiger partial charge in [-0.1, -0.05) is 6.07 Å². The van der Waals surface area contributed by atoms with E-state index >= 15 is 0 Å². The van der Waals surface area contributed by atoms with Crippen molar-refractivity contribution < 1.29 is 19.1 Å². The molecule has 3 rings (SSSR count). The molecule has 2 aromatic rings. The summed E-state index contributed by atoms with van der Waals surface area (Å²) in [5.41, 5.74) is 1.88. The summed E-state index contributed by atoms with van der Waals surface area (Å²) in [4.78, 5) is 36.7. The highest BCUT2D eigenvalue weighted by atomic mass is 32.2. The molecule has 0 bridgehead atoms. The SMILES string of the molecule is COC(=O)c1cccc(NC(=O)c2ccc3c(c2)NC(=O)[C@H](C)S3)c1. The summed E-state index contributed by atoms with van der Waals surface area (Å²) in [5.74, 6) is -0.887. The van der Waals surface area contributed by atoms with Crippen molar-refractivity contribution in [3.63, 3.8) is 0 Å². The quantitative estimate of drug-likeness (QED) is 0.825. The third-order valence-corrected chi connectivity index (χ3v) is 4.89. The number of rotatable bonds is 3. The number of anilines is 2. The summed E-state index contributed by atoms with van der Waals surface area (Å²) in [6, 6.07) is 11.7. The Morgan fingerprint density at radius 1 is 1.16 bits per heavy atom. The smallest absolute Gasteiger partial charge is 0.337 e. The van der Waals surface area contributed by atoms with E-state index in [1.54, 1.807) is 36.4 Å². The molecule has 0 fully saturated rings. The molecule has 0 radical (unpaired) electrons. The van der Waals surface area contributed by atoms with E-state index in [0.29, 0.717) is 22.5 Å². The molecule has 25 heavy (non-hydrogen) atoms. The molecule has 0 saturated heterocycles. The Hall–Kier alpha value is -2.80. The zero-order valence-electron chi connectivity index (χ0n) is 13.7. The van der Waals surface area contributed by atoms with Crippen molar-refractivity contribution in [3.05, 3.63) is 53.6 Å². The molecular formula is C18H16N2O4S. The normalized spacial score (nSPS) is 15.8. The second-order valence-corrected chi connectivity index (χ2v) is 6.87. The molecule has 1 aliphatic heterocycles. The number of carbonyl (C=O) groups excluding carboxylic acids is 3. The molecule has 2 aromatic carbocycles. The third-order valence-electron chi connectivity index (χ3n) is 3.71. The molecule has 0 unspecified atom stereocenters. The van der Waals surface area contributed by atoms with Gasteiger partial charge in [0.2, 0.25) is 5.91 Å². The number of nitrogens with one attached hydrogen (secondary N) is 2. The van der Waals surface area contributed by atoms with Crippen molar-refractivity contribution in [1.82, 2.24) is 0 Å². The van der Waals surface area contributed by atoms with Gasteiger partial charge < -0.3 is 15.4 Å². The number of hydrogen-bond acceptors (Lipinski definition) is 5. The molecule has 6 nitrogen and oxygen atoms in total. The van der Waals surface area contributed by atoms with Gasteiger partial charge >= 0.3 is 5.97 Å². The highest BCUT2D eigenvalue weighted by Crippen LogP contribution is 2.36. The lowest BCUT2D eigenvalue weighted by Gasteiger charge is -2.21. The van der Waals surface area contributed by atoms with Gasteiger partial charge in [0.15, 0.2) is 0 Å². The van der Waals surface area contributed by atoms with Crippen LogP contribution in [0.3, 0.4) is 0 Å². The number of methoxy groups -OCH3 is 1. The maximum Gasteiger partial charge on any atom is 0.337 e. The van der Waals surface area contributed by atoms with Crippen LogP contribution in [0.5, 0.6) is 0 Å². The van der Waals surface area contributed by atoms with Crippen LogP contribution < -0.4 is 10.6 Å². The van der Waals surface area contributed by atoms with Gasteiger partial charge in [-0.15, -0.1) is 11.8 Å². The summed E-state index contributed by atoms with van der Waals surface area (Å²) >= 11 is 1.46. The first-order valence-electron chi connectivity index (χ1n) is 7.59. The first kappa shape index (κ1) is 17.0. The largest absolute Gasteiger partial charge is 0.465 e. The number of benzene rings is 2. The number of amides is 2. The van der Waals surface area contributed by atoms with E-state index in [2.05, 4.69) is 15.4 Å². The van der Waals surface area contributed by atoms with Crippen LogP contribution in [-0.4, -0.2) is 30.1 Å². The topological polar surface area (TPSA) is 84.5 Å². The Morgan fingerprint density at radius 3 is 2.72 bits per heavy atom. The van der Waals surface area contributed by atoms with Gasteiger partial charge in [-0.25, -0.2) is 4.79 Å². The van der Waals surface area contributed by atoms with E-state index in [1.807, 2.05) is 13.0 Å². The molecular weight excluding hydrogens is 340 g/mol. The fraction of sp³-hybridized carbons (Fsp3) is 0.167. The van der Waals surface area contributed by atoms with Crippen LogP contribution in [0.25, 0.3) is 0 Å². The molecule has 0 saturated carbocycles. The van der Waals surface area contributed by atoms with Crippen molar-refractivity contribution in [2.24, 2.45) is 0 Å². The van der Waals surface area contributed by atoms with E-state index in [0.717, 1.165) is 4.90 Å². The Bertz CT molecular complexity index is 866. The molecule has 2 N–H and O–H groups in total. The minimum Gasteiger partial charge on any atom is -0.465 e. The van der Waals surface area contributed by atoms with E-state index in [4.69, 9.17) is 0 Å². The van der Waals surface area contributed by atoms with E-state index in [-0.39, 0.29) is 17.1 Å². The molecule has 7 heteroatoms. The second-order valence-electron chi connectivity index (χ2n) is 5.49. The Kier molecular flexibility index (Phi) is 4.76. The van der Waals surface area contributed by atoms with Crippen molar-refractivity contribution in [2.45, 2.75) is 17.1 Å². The summed E-state index contributed by atoms with van der Waals surface area (Å²) in [5, 5.41) is 5.38. The fourth-order valence-corrected chi connectivity index (χ4v) is 3.33. The van der Waals surface area contributed by atoms with Gasteiger partial charge in [-0.3, -0.25) is 9.59 Å². The van der Waals surface area contributed by atoms with Gasteiger partial charge in [0.25, 0.3) is 5.91 Å². The maximum atomic E-state index is 12.4. The van der Waals surface area contributed by atoms with Crippen LogP contribution >= 0.6 is 11.8 Å². The van der Waals surface area contributed by atoms with Crippen molar-refractivity contribution >= 4 is 40.9 Å². The first-order chi connectivity index (χ1) is 12.0. The average molecular weight is 356 g/mol. The van der Waals surface area contributed by atoms with E-state index in [9.17, 15) is 14.4 Å². The summed E-state index contributed by atoms with van der Waals surface area (Å²) in [7, 11) is 1.30.